The first kappa shape index (κ1) is 23.3. The van der Waals surface area contributed by atoms with Gasteiger partial charge in [0.15, 0.2) is 5.82 Å². The number of thiophene rings is 1. The second kappa shape index (κ2) is 9.19. The topological polar surface area (TPSA) is 79.7 Å². The van der Waals surface area contributed by atoms with Crippen LogP contribution in [0, 0.1) is 12.8 Å². The van der Waals surface area contributed by atoms with Crippen LogP contribution in [-0.2, 0) is 18.6 Å². The molecule has 8 heteroatoms. The number of nitrogens with zero attached hydrogens (tertiary/aromatic N) is 5. The smallest absolute Gasteiger partial charge is 0.252 e. The SMILES string of the molecule is Cc1cccc2cc(CN(Cc3cccs3)[C@@H](c3nnnn3C(C)(C)C)C(C)C)c(=O)[nH]c12. The Morgan fingerprint density at radius 1 is 1.15 bits per heavy atom. The Labute approximate surface area is 198 Å². The lowest BCUT2D eigenvalue weighted by molar-refractivity contribution is 0.121. The Hall–Kier alpha value is -2.84. The number of fused-ring (bicyclic) bond motifs is 1. The summed E-state index contributed by atoms with van der Waals surface area (Å²) in [4.78, 5) is 19.8. The van der Waals surface area contributed by atoms with Crippen LogP contribution >= 0.6 is 11.3 Å². The Bertz CT molecular complexity index is 1280. The summed E-state index contributed by atoms with van der Waals surface area (Å²) in [7, 11) is 0. The van der Waals surface area contributed by atoms with Gasteiger partial charge in [0, 0.05) is 23.5 Å². The van der Waals surface area contributed by atoms with E-state index in [9.17, 15) is 4.79 Å². The summed E-state index contributed by atoms with van der Waals surface area (Å²) in [5, 5.41) is 15.9. The molecule has 0 saturated carbocycles. The van der Waals surface area contributed by atoms with E-state index in [1.165, 1.54) is 4.88 Å². The Balaban J connectivity index is 1.80. The van der Waals surface area contributed by atoms with E-state index in [1.54, 1.807) is 11.3 Å². The molecule has 0 amide bonds. The fourth-order valence-electron chi connectivity index (χ4n) is 4.36. The van der Waals surface area contributed by atoms with Gasteiger partial charge in [-0.1, -0.05) is 38.1 Å². The lowest BCUT2D eigenvalue weighted by Crippen LogP contribution is -2.37. The number of H-pyrrole nitrogens is 1. The third kappa shape index (κ3) is 4.91. The standard InChI is InChI=1S/C25H32N6OS/c1-16(2)22(23-27-28-29-31(23)25(4,5)6)30(15-20-11-8-12-33-20)14-19-13-18-10-7-9-17(3)21(18)26-24(19)32/h7-13,16,22H,14-15H2,1-6H3,(H,26,32)/t22-/m1/s1. The summed E-state index contributed by atoms with van der Waals surface area (Å²) in [6, 6.07) is 12.2. The minimum absolute atomic E-state index is 0.0501. The molecule has 0 saturated heterocycles. The van der Waals surface area contributed by atoms with Crippen molar-refractivity contribution >= 4 is 22.2 Å². The van der Waals surface area contributed by atoms with Crippen LogP contribution in [-0.4, -0.2) is 30.1 Å². The zero-order valence-electron chi connectivity index (χ0n) is 20.2. The summed E-state index contributed by atoms with van der Waals surface area (Å²) in [5.41, 5.74) is 2.40. The summed E-state index contributed by atoms with van der Waals surface area (Å²) in [5.74, 6) is 1.06. The highest BCUT2D eigenvalue weighted by atomic mass is 32.1. The van der Waals surface area contributed by atoms with Gasteiger partial charge in [0.1, 0.15) is 0 Å². The van der Waals surface area contributed by atoms with Crippen LogP contribution < -0.4 is 5.56 Å². The highest BCUT2D eigenvalue weighted by molar-refractivity contribution is 7.09. The minimum Gasteiger partial charge on any atom is -0.321 e. The molecule has 0 bridgehead atoms. The highest BCUT2D eigenvalue weighted by Crippen LogP contribution is 2.32. The summed E-state index contributed by atoms with van der Waals surface area (Å²) in [6.45, 7) is 13.9. The second-order valence-corrected chi connectivity index (χ2v) is 11.0. The Kier molecular flexibility index (Phi) is 6.50. The molecular formula is C25H32N6OS. The van der Waals surface area contributed by atoms with E-state index in [1.807, 2.05) is 35.9 Å². The summed E-state index contributed by atoms with van der Waals surface area (Å²) in [6.07, 6.45) is 0. The van der Waals surface area contributed by atoms with Gasteiger partial charge in [-0.2, -0.15) is 0 Å². The van der Waals surface area contributed by atoms with Crippen LogP contribution in [0.15, 0.2) is 46.6 Å². The van der Waals surface area contributed by atoms with Crippen LogP contribution in [0.5, 0.6) is 0 Å². The van der Waals surface area contributed by atoms with Gasteiger partial charge in [-0.15, -0.1) is 16.4 Å². The van der Waals surface area contributed by atoms with E-state index < -0.39 is 0 Å². The molecule has 0 aliphatic rings. The molecule has 1 aromatic carbocycles. The van der Waals surface area contributed by atoms with Crippen molar-refractivity contribution in [1.29, 1.82) is 0 Å². The van der Waals surface area contributed by atoms with E-state index in [0.717, 1.165) is 27.9 Å². The van der Waals surface area contributed by atoms with Gasteiger partial charge in [-0.05, 0) is 72.5 Å². The third-order valence-corrected chi connectivity index (χ3v) is 6.76. The molecule has 0 radical (unpaired) electrons. The second-order valence-electron chi connectivity index (χ2n) is 9.96. The Morgan fingerprint density at radius 3 is 2.61 bits per heavy atom. The van der Waals surface area contributed by atoms with Crippen LogP contribution in [0.2, 0.25) is 0 Å². The molecular weight excluding hydrogens is 432 g/mol. The number of benzene rings is 1. The third-order valence-electron chi connectivity index (χ3n) is 5.90. The molecule has 0 spiro atoms. The molecule has 3 aromatic heterocycles. The maximum atomic E-state index is 13.1. The number of nitrogens with one attached hydrogen (secondary N) is 1. The summed E-state index contributed by atoms with van der Waals surface area (Å²) < 4.78 is 1.91. The van der Waals surface area contributed by atoms with Crippen molar-refractivity contribution in [1.82, 2.24) is 30.1 Å². The molecule has 4 rings (SSSR count). The van der Waals surface area contributed by atoms with E-state index >= 15 is 0 Å². The van der Waals surface area contributed by atoms with Crippen molar-refractivity contribution in [3.63, 3.8) is 0 Å². The molecule has 174 valence electrons. The molecule has 3 heterocycles. The van der Waals surface area contributed by atoms with E-state index in [4.69, 9.17) is 0 Å². The molecule has 0 fully saturated rings. The van der Waals surface area contributed by atoms with Gasteiger partial charge in [-0.25, -0.2) is 4.68 Å². The zero-order valence-corrected chi connectivity index (χ0v) is 21.0. The maximum Gasteiger partial charge on any atom is 0.252 e. The van der Waals surface area contributed by atoms with Crippen LogP contribution in [0.4, 0.5) is 0 Å². The number of hydrogen-bond donors (Lipinski definition) is 1. The minimum atomic E-state index is -0.251. The van der Waals surface area contributed by atoms with Crippen LogP contribution in [0.1, 0.15) is 62.5 Å². The Morgan fingerprint density at radius 2 is 1.94 bits per heavy atom. The average molecular weight is 465 g/mol. The largest absolute Gasteiger partial charge is 0.321 e. The molecule has 0 unspecified atom stereocenters. The number of aromatic amines is 1. The lowest BCUT2D eigenvalue weighted by atomic mass is 9.99. The molecule has 33 heavy (non-hydrogen) atoms. The lowest BCUT2D eigenvalue weighted by Gasteiger charge is -2.35. The number of tetrazole rings is 1. The van der Waals surface area contributed by atoms with Crippen molar-refractivity contribution in [2.24, 2.45) is 5.92 Å². The number of hydrogen-bond acceptors (Lipinski definition) is 6. The van der Waals surface area contributed by atoms with Gasteiger partial charge in [0.05, 0.1) is 17.1 Å². The van der Waals surface area contributed by atoms with Crippen molar-refractivity contribution < 1.29 is 0 Å². The predicted octanol–water partition coefficient (Wildman–Crippen LogP) is 5.04. The number of aryl methyl sites for hydroxylation is 1. The molecule has 4 aromatic rings. The molecule has 1 atom stereocenters. The first-order chi connectivity index (χ1) is 15.6. The van der Waals surface area contributed by atoms with Gasteiger partial charge in [0.25, 0.3) is 5.56 Å². The number of rotatable bonds is 7. The van der Waals surface area contributed by atoms with Crippen LogP contribution in [0.25, 0.3) is 10.9 Å². The van der Waals surface area contributed by atoms with Crippen molar-refractivity contribution in [3.8, 4) is 0 Å². The van der Waals surface area contributed by atoms with E-state index in [-0.39, 0.29) is 23.1 Å². The highest BCUT2D eigenvalue weighted by Gasteiger charge is 2.33. The zero-order chi connectivity index (χ0) is 23.8. The molecule has 0 aliphatic carbocycles. The number of para-hydroxylation sites is 1. The number of pyridine rings is 1. The fraction of sp³-hybridized carbons (Fsp3) is 0.440. The van der Waals surface area contributed by atoms with Gasteiger partial charge < -0.3 is 4.98 Å². The quantitative estimate of drug-likeness (QED) is 0.414. The first-order valence-corrected chi connectivity index (χ1v) is 12.2. The van der Waals surface area contributed by atoms with Crippen molar-refractivity contribution in [3.05, 3.63) is 74.0 Å². The molecule has 0 aliphatic heterocycles. The maximum absolute atomic E-state index is 13.1. The summed E-state index contributed by atoms with van der Waals surface area (Å²) >= 11 is 1.72. The monoisotopic (exact) mass is 464 g/mol. The average Bonchev–Trinajstić information content (AvgIpc) is 3.41. The van der Waals surface area contributed by atoms with Crippen molar-refractivity contribution in [2.75, 3.05) is 0 Å². The van der Waals surface area contributed by atoms with E-state index in [0.29, 0.717) is 13.1 Å². The van der Waals surface area contributed by atoms with Gasteiger partial charge in [0.2, 0.25) is 0 Å². The van der Waals surface area contributed by atoms with E-state index in [2.05, 4.69) is 77.5 Å². The van der Waals surface area contributed by atoms with Gasteiger partial charge in [-0.3, -0.25) is 9.69 Å². The first-order valence-electron chi connectivity index (χ1n) is 11.3. The fourth-order valence-corrected chi connectivity index (χ4v) is 5.09. The molecule has 1 N–H and O–H groups in total. The van der Waals surface area contributed by atoms with Gasteiger partial charge >= 0.3 is 0 Å². The van der Waals surface area contributed by atoms with Crippen molar-refractivity contribution in [2.45, 2.75) is 66.2 Å². The number of aromatic nitrogens is 5. The molecule has 7 nitrogen and oxygen atoms in total. The van der Waals surface area contributed by atoms with Crippen LogP contribution in [0.3, 0.4) is 0 Å². The predicted molar refractivity (Wildman–Crippen MR) is 133 cm³/mol. The normalized spacial score (nSPS) is 13.3.